The van der Waals surface area contributed by atoms with Crippen LogP contribution in [0.2, 0.25) is 0 Å². The molecule has 0 unspecified atom stereocenters. The SMILES string of the molecule is CCCCCc1c(C)ccn1CCCC. The summed E-state index contributed by atoms with van der Waals surface area (Å²) >= 11 is 0. The van der Waals surface area contributed by atoms with Crippen LogP contribution in [0, 0.1) is 6.92 Å². The molecule has 0 spiro atoms. The number of nitrogens with zero attached hydrogens (tertiary/aromatic N) is 1. The van der Waals surface area contributed by atoms with Crippen LogP contribution in [-0.4, -0.2) is 4.57 Å². The van der Waals surface area contributed by atoms with E-state index in [-0.39, 0.29) is 0 Å². The summed E-state index contributed by atoms with van der Waals surface area (Å²) in [4.78, 5) is 0. The molecule has 1 rings (SSSR count). The van der Waals surface area contributed by atoms with Crippen molar-refractivity contribution in [2.24, 2.45) is 0 Å². The maximum atomic E-state index is 2.45. The molecule has 0 saturated heterocycles. The molecule has 0 amide bonds. The second-order valence-electron chi connectivity index (χ2n) is 4.45. The number of rotatable bonds is 7. The van der Waals surface area contributed by atoms with Crippen molar-refractivity contribution >= 4 is 0 Å². The lowest BCUT2D eigenvalue weighted by Crippen LogP contribution is -2.03. The van der Waals surface area contributed by atoms with Gasteiger partial charge in [-0.15, -0.1) is 0 Å². The molecule has 0 saturated carbocycles. The summed E-state index contributed by atoms with van der Waals surface area (Å²) in [6.45, 7) is 7.96. The van der Waals surface area contributed by atoms with E-state index in [0.717, 1.165) is 0 Å². The van der Waals surface area contributed by atoms with E-state index in [9.17, 15) is 0 Å². The zero-order valence-electron chi connectivity index (χ0n) is 10.6. The topological polar surface area (TPSA) is 4.93 Å². The van der Waals surface area contributed by atoms with Gasteiger partial charge in [-0.25, -0.2) is 0 Å². The summed E-state index contributed by atoms with van der Waals surface area (Å²) < 4.78 is 2.45. The fourth-order valence-corrected chi connectivity index (χ4v) is 2.04. The van der Waals surface area contributed by atoms with Crippen LogP contribution in [0.3, 0.4) is 0 Å². The van der Waals surface area contributed by atoms with Gasteiger partial charge in [-0.3, -0.25) is 0 Å². The maximum absolute atomic E-state index is 2.45. The minimum atomic E-state index is 1.20. The number of hydrogen-bond acceptors (Lipinski definition) is 0. The third-order valence-electron chi connectivity index (χ3n) is 3.08. The second-order valence-corrected chi connectivity index (χ2v) is 4.45. The summed E-state index contributed by atoms with van der Waals surface area (Å²) in [5.41, 5.74) is 3.04. The molecule has 1 aromatic heterocycles. The molecule has 0 aromatic carbocycles. The van der Waals surface area contributed by atoms with Crippen molar-refractivity contribution in [3.63, 3.8) is 0 Å². The van der Waals surface area contributed by atoms with E-state index >= 15 is 0 Å². The predicted molar refractivity (Wildman–Crippen MR) is 67.3 cm³/mol. The van der Waals surface area contributed by atoms with Gasteiger partial charge in [0.2, 0.25) is 0 Å². The van der Waals surface area contributed by atoms with Crippen LogP contribution < -0.4 is 0 Å². The van der Waals surface area contributed by atoms with Crippen molar-refractivity contribution in [3.05, 3.63) is 23.5 Å². The minimum Gasteiger partial charge on any atom is -0.351 e. The number of hydrogen-bond donors (Lipinski definition) is 0. The molecular weight excluding hydrogens is 182 g/mol. The molecule has 0 aliphatic heterocycles. The highest BCUT2D eigenvalue weighted by Gasteiger charge is 2.04. The van der Waals surface area contributed by atoms with Crippen LogP contribution in [0.4, 0.5) is 0 Å². The molecular formula is C14H25N. The Labute approximate surface area is 94.5 Å². The Kier molecular flexibility index (Phi) is 5.52. The first-order valence-electron chi connectivity index (χ1n) is 6.44. The van der Waals surface area contributed by atoms with E-state index in [4.69, 9.17) is 0 Å². The van der Waals surface area contributed by atoms with Crippen molar-refractivity contribution in [2.75, 3.05) is 0 Å². The lowest BCUT2D eigenvalue weighted by atomic mass is 10.1. The molecule has 0 aliphatic rings. The predicted octanol–water partition coefficient (Wildman–Crippen LogP) is 4.33. The summed E-state index contributed by atoms with van der Waals surface area (Å²) in [5.74, 6) is 0. The Bertz CT molecular complexity index is 273. The lowest BCUT2D eigenvalue weighted by Gasteiger charge is -2.09. The molecule has 1 heterocycles. The smallest absolute Gasteiger partial charge is 0.0222 e. The Morgan fingerprint density at radius 2 is 1.80 bits per heavy atom. The third-order valence-corrected chi connectivity index (χ3v) is 3.08. The van der Waals surface area contributed by atoms with Gasteiger partial charge in [0.1, 0.15) is 0 Å². The highest BCUT2D eigenvalue weighted by Crippen LogP contribution is 2.14. The summed E-state index contributed by atoms with van der Waals surface area (Å²) in [7, 11) is 0. The van der Waals surface area contributed by atoms with Crippen molar-refractivity contribution in [1.82, 2.24) is 4.57 Å². The third kappa shape index (κ3) is 3.73. The van der Waals surface area contributed by atoms with Gasteiger partial charge in [-0.1, -0.05) is 33.1 Å². The average Bonchev–Trinajstić information content (AvgIpc) is 2.58. The Hall–Kier alpha value is -0.720. The van der Waals surface area contributed by atoms with Crippen LogP contribution in [0.1, 0.15) is 57.2 Å². The minimum absolute atomic E-state index is 1.20. The van der Waals surface area contributed by atoms with Gasteiger partial charge in [-0.2, -0.15) is 0 Å². The van der Waals surface area contributed by atoms with E-state index in [1.807, 2.05) is 0 Å². The molecule has 1 aromatic rings. The molecule has 1 nitrogen and oxygen atoms in total. The number of aromatic nitrogens is 1. The molecule has 0 fully saturated rings. The number of aryl methyl sites for hydroxylation is 2. The zero-order chi connectivity index (χ0) is 11.1. The molecule has 0 atom stereocenters. The first kappa shape index (κ1) is 12.4. The van der Waals surface area contributed by atoms with E-state index in [2.05, 4.69) is 37.6 Å². The van der Waals surface area contributed by atoms with E-state index in [1.54, 1.807) is 5.69 Å². The van der Waals surface area contributed by atoms with Crippen LogP contribution in [-0.2, 0) is 13.0 Å². The summed E-state index contributed by atoms with van der Waals surface area (Å²) in [5, 5.41) is 0. The molecule has 0 aliphatic carbocycles. The fraction of sp³-hybridized carbons (Fsp3) is 0.714. The summed E-state index contributed by atoms with van der Waals surface area (Å²) in [6.07, 6.45) is 10.1. The van der Waals surface area contributed by atoms with Crippen LogP contribution in [0.25, 0.3) is 0 Å². The average molecular weight is 207 g/mol. The van der Waals surface area contributed by atoms with Crippen LogP contribution >= 0.6 is 0 Å². The van der Waals surface area contributed by atoms with Crippen molar-refractivity contribution in [2.45, 2.75) is 65.8 Å². The number of unbranched alkanes of at least 4 members (excludes halogenated alkanes) is 3. The molecule has 0 bridgehead atoms. The first-order chi connectivity index (χ1) is 7.29. The van der Waals surface area contributed by atoms with Gasteiger partial charge in [-0.05, 0) is 37.8 Å². The van der Waals surface area contributed by atoms with Gasteiger partial charge >= 0.3 is 0 Å². The molecule has 0 radical (unpaired) electrons. The Morgan fingerprint density at radius 3 is 2.47 bits per heavy atom. The van der Waals surface area contributed by atoms with Gasteiger partial charge < -0.3 is 4.57 Å². The van der Waals surface area contributed by atoms with E-state index in [0.29, 0.717) is 0 Å². The van der Waals surface area contributed by atoms with Crippen molar-refractivity contribution in [1.29, 1.82) is 0 Å². The monoisotopic (exact) mass is 207 g/mol. The lowest BCUT2D eigenvalue weighted by molar-refractivity contribution is 0.593. The fourth-order valence-electron chi connectivity index (χ4n) is 2.04. The van der Waals surface area contributed by atoms with Gasteiger partial charge in [0.15, 0.2) is 0 Å². The normalized spacial score (nSPS) is 10.9. The van der Waals surface area contributed by atoms with Crippen molar-refractivity contribution < 1.29 is 0 Å². The standard InChI is InChI=1S/C14H25N/c1-4-6-8-9-14-13(3)10-12-15(14)11-7-5-2/h10,12H,4-9,11H2,1-3H3. The van der Waals surface area contributed by atoms with Gasteiger partial charge in [0.25, 0.3) is 0 Å². The zero-order valence-corrected chi connectivity index (χ0v) is 10.6. The van der Waals surface area contributed by atoms with Gasteiger partial charge in [0, 0.05) is 18.4 Å². The highest BCUT2D eigenvalue weighted by atomic mass is 15.0. The Morgan fingerprint density at radius 1 is 1.07 bits per heavy atom. The Balaban J connectivity index is 2.54. The van der Waals surface area contributed by atoms with E-state index in [1.165, 1.54) is 50.6 Å². The second kappa shape index (κ2) is 6.71. The molecule has 1 heteroatoms. The molecule has 86 valence electrons. The summed E-state index contributed by atoms with van der Waals surface area (Å²) in [6, 6.07) is 2.26. The maximum Gasteiger partial charge on any atom is 0.0222 e. The van der Waals surface area contributed by atoms with Crippen LogP contribution in [0.15, 0.2) is 12.3 Å². The van der Waals surface area contributed by atoms with Crippen LogP contribution in [0.5, 0.6) is 0 Å². The van der Waals surface area contributed by atoms with Crippen molar-refractivity contribution in [3.8, 4) is 0 Å². The molecule has 15 heavy (non-hydrogen) atoms. The largest absolute Gasteiger partial charge is 0.351 e. The molecule has 0 N–H and O–H groups in total. The first-order valence-corrected chi connectivity index (χ1v) is 6.44. The quantitative estimate of drug-likeness (QED) is 0.586. The highest BCUT2D eigenvalue weighted by molar-refractivity contribution is 5.20. The van der Waals surface area contributed by atoms with E-state index < -0.39 is 0 Å². The van der Waals surface area contributed by atoms with Gasteiger partial charge in [0.05, 0.1) is 0 Å².